The van der Waals surface area contributed by atoms with Gasteiger partial charge in [-0.05, 0) is 273 Å². The van der Waals surface area contributed by atoms with Gasteiger partial charge in [0.2, 0.25) is 0 Å². The Bertz CT molecular complexity index is 3900. The number of hydrogen-bond donors (Lipinski definition) is 0. The minimum absolute atomic E-state index is 0.420. The van der Waals surface area contributed by atoms with Crippen LogP contribution in [0.1, 0.15) is 477 Å². The number of allylic oxidation sites excluding steroid dienone is 3. The Morgan fingerprint density at radius 3 is 0.533 bits per heavy atom. The maximum Gasteiger partial charge on any atom is 0.494 e. The predicted molar refractivity (Wildman–Crippen MR) is 526 cm³/mol. The first-order valence-corrected chi connectivity index (χ1v) is 51.1. The molecule has 5 aliphatic rings. The molecular formula is C114H168B2O4. The molecule has 2 fully saturated rings. The van der Waals surface area contributed by atoms with Gasteiger partial charge in [0, 0.05) is 0 Å². The standard InChI is InChI=1S/C114H168B2O4/c1-15-21-27-33-39-45-51-57-63-87(64-58-52-46-40-34-28-22-16-2)108-102-81-90(92-71-77-98-100-79-73-94(115-117-111(7,8)112(9,10)118-115)85-106(100)109(104(98)83-92)88(65-59-53-47-41-35-29-23-17-3)66-60-54-48-42-36-30-24-18-4)69-75-96(102)97-76-70-91(82-103(97)108)93-72-78-99-101-80-74-95(116-119-113(11,12)114(13,14)120-116)86-107(101)110(105(99)84-93)89(67-61-55-49-43-37-31-25-19-5)68-62-56-50-44-38-32-26-20-6/h69-86H,15-68H2,1-14H3. The van der Waals surface area contributed by atoms with E-state index in [-0.39, 0.29) is 0 Å². The van der Waals surface area contributed by atoms with Crippen LogP contribution in [0.25, 0.3) is 72.4 Å². The van der Waals surface area contributed by atoms with Gasteiger partial charge in [-0.2, -0.15) is 0 Å². The highest BCUT2D eigenvalue weighted by atomic mass is 16.7. The summed E-state index contributed by atoms with van der Waals surface area (Å²) in [6.45, 7) is 31.6. The highest BCUT2D eigenvalue weighted by molar-refractivity contribution is 6.62. The minimum Gasteiger partial charge on any atom is -0.399 e. The Kier molecular flexibility index (Phi) is 38.3. The lowest BCUT2D eigenvalue weighted by Gasteiger charge is -2.32. The van der Waals surface area contributed by atoms with E-state index in [9.17, 15) is 0 Å². The molecule has 2 heterocycles. The molecule has 0 aromatic heterocycles. The van der Waals surface area contributed by atoms with Crippen LogP contribution >= 0.6 is 0 Å². The minimum atomic E-state index is -0.424. The molecule has 6 heteroatoms. The van der Waals surface area contributed by atoms with Crippen LogP contribution in [-0.4, -0.2) is 36.6 Å². The van der Waals surface area contributed by atoms with Crippen LogP contribution in [0.2, 0.25) is 0 Å². The van der Waals surface area contributed by atoms with Crippen molar-refractivity contribution in [3.05, 3.63) is 159 Å². The van der Waals surface area contributed by atoms with Crippen molar-refractivity contribution >= 4 is 41.9 Å². The summed E-state index contributed by atoms with van der Waals surface area (Å²) in [5, 5.41) is 0. The van der Waals surface area contributed by atoms with Crippen molar-refractivity contribution in [2.45, 2.75) is 466 Å². The number of fused-ring (bicyclic) bond motifs is 9. The number of hydrogen-bond acceptors (Lipinski definition) is 4. The molecule has 0 amide bonds. The summed E-state index contributed by atoms with van der Waals surface area (Å²) in [6.07, 6.45) is 70.8. The summed E-state index contributed by atoms with van der Waals surface area (Å²) in [7, 11) is -0.841. The third-order valence-corrected chi connectivity index (χ3v) is 29.4. The van der Waals surface area contributed by atoms with E-state index in [1.807, 2.05) is 0 Å². The second kappa shape index (κ2) is 48.3. The van der Waals surface area contributed by atoms with E-state index in [0.29, 0.717) is 0 Å². The quantitative estimate of drug-likeness (QED) is 0.0281. The smallest absolute Gasteiger partial charge is 0.399 e. The Labute approximate surface area is 736 Å². The zero-order valence-electron chi connectivity index (χ0n) is 79.4. The fourth-order valence-corrected chi connectivity index (χ4v) is 20.5. The monoisotopic (exact) mass is 1620 g/mol. The van der Waals surface area contributed by atoms with E-state index in [4.69, 9.17) is 18.6 Å². The fraction of sp³-hybridized carbons (Fsp3) is 0.632. The van der Waals surface area contributed by atoms with Crippen molar-refractivity contribution in [3.8, 4) is 55.6 Å². The third kappa shape index (κ3) is 25.4. The Hall–Kier alpha value is -5.49. The summed E-state index contributed by atoms with van der Waals surface area (Å²) >= 11 is 0. The molecule has 0 unspecified atom stereocenters. The van der Waals surface area contributed by atoms with Gasteiger partial charge in [0.05, 0.1) is 22.4 Å². The van der Waals surface area contributed by atoms with Crippen molar-refractivity contribution < 1.29 is 18.6 Å². The summed E-state index contributed by atoms with van der Waals surface area (Å²) in [5.41, 5.74) is 32.2. The maximum absolute atomic E-state index is 6.89. The second-order valence-electron chi connectivity index (χ2n) is 40.1. The normalized spacial score (nSPS) is 15.6. The van der Waals surface area contributed by atoms with E-state index >= 15 is 0 Å². The van der Waals surface area contributed by atoms with Gasteiger partial charge in [0.1, 0.15) is 0 Å². The number of rotatable bonds is 58. The molecule has 2 saturated heterocycles. The molecular weight excluding hydrogens is 1450 g/mol. The van der Waals surface area contributed by atoms with E-state index in [1.165, 1.54) is 408 Å². The molecule has 0 radical (unpaired) electrons. The molecule has 120 heavy (non-hydrogen) atoms. The van der Waals surface area contributed by atoms with Gasteiger partial charge >= 0.3 is 14.2 Å². The highest BCUT2D eigenvalue weighted by Crippen LogP contribution is 2.55. The highest BCUT2D eigenvalue weighted by Gasteiger charge is 2.53. The van der Waals surface area contributed by atoms with Gasteiger partial charge < -0.3 is 18.6 Å². The topological polar surface area (TPSA) is 36.9 Å². The van der Waals surface area contributed by atoms with Gasteiger partial charge in [-0.3, -0.25) is 0 Å². The van der Waals surface area contributed by atoms with E-state index in [2.05, 4.69) is 206 Å². The summed E-state index contributed by atoms with van der Waals surface area (Å²) in [4.78, 5) is 0. The first-order valence-electron chi connectivity index (χ1n) is 51.1. The Balaban J connectivity index is 1.02. The van der Waals surface area contributed by atoms with Crippen molar-refractivity contribution in [3.63, 3.8) is 0 Å². The summed E-state index contributed by atoms with van der Waals surface area (Å²) < 4.78 is 27.6. The van der Waals surface area contributed by atoms with Crippen LogP contribution in [0.3, 0.4) is 0 Å². The third-order valence-electron chi connectivity index (χ3n) is 29.4. The second-order valence-corrected chi connectivity index (χ2v) is 40.1. The van der Waals surface area contributed by atoms with Crippen LogP contribution in [0.15, 0.2) is 126 Å². The maximum atomic E-state index is 6.89. The average molecular weight is 1620 g/mol. The zero-order valence-corrected chi connectivity index (χ0v) is 79.4. The van der Waals surface area contributed by atoms with Crippen LogP contribution in [-0.2, 0) is 18.6 Å². The molecule has 4 nitrogen and oxygen atoms in total. The molecule has 654 valence electrons. The fourth-order valence-electron chi connectivity index (χ4n) is 20.5. The van der Waals surface area contributed by atoms with Crippen LogP contribution in [0.4, 0.5) is 0 Å². The van der Waals surface area contributed by atoms with Crippen molar-refractivity contribution in [1.29, 1.82) is 0 Å². The molecule has 0 saturated carbocycles. The molecule has 11 rings (SSSR count). The predicted octanol–water partition coefficient (Wildman–Crippen LogP) is 35.2. The van der Waals surface area contributed by atoms with Gasteiger partial charge in [0.25, 0.3) is 0 Å². The molecule has 0 spiro atoms. The zero-order chi connectivity index (χ0) is 84.8. The first-order chi connectivity index (χ1) is 58.4. The van der Waals surface area contributed by atoms with E-state index in [0.717, 1.165) is 49.5 Å². The molecule has 6 aromatic rings. The van der Waals surface area contributed by atoms with Gasteiger partial charge in [-0.1, -0.05) is 413 Å². The number of benzene rings is 6. The molecule has 2 aliphatic heterocycles. The van der Waals surface area contributed by atoms with Crippen molar-refractivity contribution in [2.24, 2.45) is 0 Å². The van der Waals surface area contributed by atoms with Crippen molar-refractivity contribution in [2.75, 3.05) is 0 Å². The lowest BCUT2D eigenvalue weighted by molar-refractivity contribution is 0.00578. The summed E-state index contributed by atoms with van der Waals surface area (Å²) in [6, 6.07) is 45.3. The van der Waals surface area contributed by atoms with Crippen LogP contribution < -0.4 is 10.9 Å². The van der Waals surface area contributed by atoms with Gasteiger partial charge in [0.15, 0.2) is 0 Å². The van der Waals surface area contributed by atoms with Gasteiger partial charge in [-0.15, -0.1) is 0 Å². The Morgan fingerprint density at radius 1 is 0.192 bits per heavy atom. The van der Waals surface area contributed by atoms with Crippen molar-refractivity contribution in [1.82, 2.24) is 0 Å². The molecule has 3 aliphatic carbocycles. The number of unbranched alkanes of at least 4 members (excludes halogenated alkanes) is 42. The average Bonchev–Trinajstić information content (AvgIpc) is 1.58. The molecule has 0 N–H and O–H groups in total. The van der Waals surface area contributed by atoms with E-state index in [1.54, 1.807) is 22.3 Å². The van der Waals surface area contributed by atoms with Crippen LogP contribution in [0.5, 0.6) is 0 Å². The largest absolute Gasteiger partial charge is 0.494 e. The lowest BCUT2D eigenvalue weighted by atomic mass is 9.77. The Morgan fingerprint density at radius 2 is 0.350 bits per heavy atom. The SMILES string of the molecule is CCCCCCCCCCC(CCCCCCCCCC)=C1c2cc(B3OC(C)(C)C(C)(C)O3)ccc2-c2ccc(-c3ccc4c(c3)C(=C(CCCCCCCCCC)CCCCCCCCCC)c3cc(-c5ccc6c(c5)C(=C(CCCCCCCCCC)CCCCCCCCCC)c5cc(B7OC(C)(C)C(C)(C)O7)ccc5-6)ccc3-4)cc21. The van der Waals surface area contributed by atoms with Crippen LogP contribution in [0, 0.1) is 0 Å². The molecule has 0 bridgehead atoms. The lowest BCUT2D eigenvalue weighted by Crippen LogP contribution is -2.41. The first kappa shape index (κ1) is 95.2. The molecule has 6 aromatic carbocycles. The molecule has 0 atom stereocenters. The summed E-state index contributed by atoms with van der Waals surface area (Å²) in [5.74, 6) is 0. The van der Waals surface area contributed by atoms with Gasteiger partial charge in [-0.25, -0.2) is 0 Å². The van der Waals surface area contributed by atoms with E-state index < -0.39 is 36.6 Å².